The first-order valence-electron chi connectivity index (χ1n) is 8.50. The van der Waals surface area contributed by atoms with Crippen LogP contribution in [0, 0.1) is 13.8 Å². The van der Waals surface area contributed by atoms with Crippen molar-refractivity contribution in [1.82, 2.24) is 15.5 Å². The van der Waals surface area contributed by atoms with Crippen LogP contribution < -0.4 is 10.1 Å². The quantitative estimate of drug-likeness (QED) is 0.818. The molecule has 1 aromatic carbocycles. The first-order chi connectivity index (χ1) is 11.2. The third-order valence-electron chi connectivity index (χ3n) is 4.26. The molecule has 0 radical (unpaired) electrons. The fourth-order valence-corrected chi connectivity index (χ4v) is 3.01. The topological polar surface area (TPSA) is 60.2 Å². The molecule has 23 heavy (non-hydrogen) atoms. The average molecular weight is 315 g/mol. The normalized spacial score (nSPS) is 17.6. The molecule has 2 heterocycles. The molecule has 5 nitrogen and oxygen atoms in total. The molecule has 0 aliphatic carbocycles. The van der Waals surface area contributed by atoms with Crippen LogP contribution >= 0.6 is 0 Å². The average Bonchev–Trinajstić information content (AvgIpc) is 3.20. The molecule has 124 valence electrons. The third-order valence-corrected chi connectivity index (χ3v) is 4.26. The molecule has 1 atom stereocenters. The Morgan fingerprint density at radius 2 is 2.09 bits per heavy atom. The zero-order chi connectivity index (χ0) is 16.2. The lowest BCUT2D eigenvalue weighted by Gasteiger charge is -2.12. The van der Waals surface area contributed by atoms with Crippen LogP contribution in [0.1, 0.15) is 55.7 Å². The molecular formula is C18H25N3O2. The van der Waals surface area contributed by atoms with Gasteiger partial charge in [-0.25, -0.2) is 0 Å². The number of hydrogen-bond donors (Lipinski definition) is 1. The second-order valence-corrected chi connectivity index (χ2v) is 6.25. The molecule has 1 aliphatic rings. The summed E-state index contributed by atoms with van der Waals surface area (Å²) in [6.45, 7) is 8.08. The van der Waals surface area contributed by atoms with E-state index in [2.05, 4.69) is 48.4 Å². The van der Waals surface area contributed by atoms with Crippen LogP contribution in [0.4, 0.5) is 0 Å². The summed E-state index contributed by atoms with van der Waals surface area (Å²) in [5.74, 6) is 2.32. The highest BCUT2D eigenvalue weighted by atomic mass is 16.5. The van der Waals surface area contributed by atoms with Crippen LogP contribution in [-0.4, -0.2) is 23.3 Å². The number of benzene rings is 1. The minimum atomic E-state index is 0.204. The molecular weight excluding hydrogens is 290 g/mol. The highest BCUT2D eigenvalue weighted by Gasteiger charge is 2.23. The number of unbranched alkanes of at least 4 members (excludes halogenated alkanes) is 1. The summed E-state index contributed by atoms with van der Waals surface area (Å²) in [6, 6.07) is 4.35. The van der Waals surface area contributed by atoms with Crippen LogP contribution in [0.2, 0.25) is 0 Å². The van der Waals surface area contributed by atoms with Gasteiger partial charge >= 0.3 is 0 Å². The van der Waals surface area contributed by atoms with Gasteiger partial charge in [0.2, 0.25) is 11.7 Å². The van der Waals surface area contributed by atoms with Gasteiger partial charge < -0.3 is 14.6 Å². The second kappa shape index (κ2) is 7.13. The highest BCUT2D eigenvalue weighted by molar-refractivity contribution is 5.61. The van der Waals surface area contributed by atoms with Gasteiger partial charge in [0, 0.05) is 5.56 Å². The van der Waals surface area contributed by atoms with E-state index in [0.29, 0.717) is 11.7 Å². The largest absolute Gasteiger partial charge is 0.493 e. The van der Waals surface area contributed by atoms with Gasteiger partial charge in [-0.05, 0) is 62.9 Å². The lowest BCUT2D eigenvalue weighted by atomic mass is 10.1. The van der Waals surface area contributed by atoms with Gasteiger partial charge in [0.15, 0.2) is 0 Å². The summed E-state index contributed by atoms with van der Waals surface area (Å²) in [7, 11) is 0. The van der Waals surface area contributed by atoms with Gasteiger partial charge in [-0.15, -0.1) is 0 Å². The summed E-state index contributed by atoms with van der Waals surface area (Å²) in [6.07, 6.45) is 4.43. The summed E-state index contributed by atoms with van der Waals surface area (Å²) >= 11 is 0. The van der Waals surface area contributed by atoms with Crippen LogP contribution in [0.3, 0.4) is 0 Å². The molecule has 3 rings (SSSR count). The fourth-order valence-electron chi connectivity index (χ4n) is 3.01. The van der Waals surface area contributed by atoms with E-state index in [0.717, 1.165) is 61.3 Å². The molecule has 1 aliphatic heterocycles. The lowest BCUT2D eigenvalue weighted by Crippen LogP contribution is -2.12. The minimum absolute atomic E-state index is 0.204. The van der Waals surface area contributed by atoms with Crippen LogP contribution in [-0.2, 0) is 0 Å². The van der Waals surface area contributed by atoms with Crippen molar-refractivity contribution in [3.63, 3.8) is 0 Å². The van der Waals surface area contributed by atoms with E-state index in [4.69, 9.17) is 9.26 Å². The van der Waals surface area contributed by atoms with E-state index in [-0.39, 0.29) is 6.04 Å². The lowest BCUT2D eigenvalue weighted by molar-refractivity contribution is 0.305. The first-order valence-corrected chi connectivity index (χ1v) is 8.50. The number of aryl methyl sites for hydroxylation is 2. The molecule has 0 spiro atoms. The van der Waals surface area contributed by atoms with Crippen molar-refractivity contribution in [2.45, 2.75) is 52.5 Å². The second-order valence-electron chi connectivity index (χ2n) is 6.25. The number of rotatable bonds is 6. The van der Waals surface area contributed by atoms with Crippen molar-refractivity contribution >= 4 is 0 Å². The van der Waals surface area contributed by atoms with E-state index in [1.54, 1.807) is 0 Å². The Balaban J connectivity index is 1.80. The maximum Gasteiger partial charge on any atom is 0.244 e. The molecule has 1 saturated heterocycles. The van der Waals surface area contributed by atoms with Gasteiger partial charge in [0.1, 0.15) is 5.75 Å². The summed E-state index contributed by atoms with van der Waals surface area (Å²) < 4.78 is 11.3. The Hall–Kier alpha value is -1.88. The van der Waals surface area contributed by atoms with E-state index in [1.807, 2.05) is 0 Å². The monoisotopic (exact) mass is 315 g/mol. The number of aromatic nitrogens is 2. The number of hydrogen-bond acceptors (Lipinski definition) is 5. The van der Waals surface area contributed by atoms with E-state index < -0.39 is 0 Å². The van der Waals surface area contributed by atoms with Crippen molar-refractivity contribution in [2.24, 2.45) is 0 Å². The molecule has 2 aromatic rings. The summed E-state index contributed by atoms with van der Waals surface area (Å²) in [5.41, 5.74) is 3.21. The smallest absolute Gasteiger partial charge is 0.244 e. The molecule has 5 heteroatoms. The van der Waals surface area contributed by atoms with Gasteiger partial charge in [-0.1, -0.05) is 18.5 Å². The van der Waals surface area contributed by atoms with Gasteiger partial charge in [0.05, 0.1) is 12.6 Å². The number of nitrogens with one attached hydrogen (secondary N) is 1. The standard InChI is InChI=1S/C18H25N3O2/c1-4-5-9-22-16-12(2)10-14(11-13(16)3)17-20-18(23-21-17)15-7-6-8-19-15/h10-11,15,19H,4-9H2,1-3H3/t15-/m0/s1. The zero-order valence-corrected chi connectivity index (χ0v) is 14.2. The van der Waals surface area contributed by atoms with Crippen LogP contribution in [0.15, 0.2) is 16.7 Å². The first kappa shape index (κ1) is 16.0. The minimum Gasteiger partial charge on any atom is -0.493 e. The molecule has 0 amide bonds. The van der Waals surface area contributed by atoms with Crippen molar-refractivity contribution in [3.05, 3.63) is 29.2 Å². The van der Waals surface area contributed by atoms with E-state index in [1.165, 1.54) is 0 Å². The number of nitrogens with zero attached hydrogens (tertiary/aromatic N) is 2. The highest BCUT2D eigenvalue weighted by Crippen LogP contribution is 2.30. The molecule has 1 fully saturated rings. The fraction of sp³-hybridized carbons (Fsp3) is 0.556. The van der Waals surface area contributed by atoms with Crippen molar-refractivity contribution in [2.75, 3.05) is 13.2 Å². The summed E-state index contributed by atoms with van der Waals surface area (Å²) in [4.78, 5) is 4.57. The van der Waals surface area contributed by atoms with Gasteiger partial charge in [-0.3, -0.25) is 0 Å². The third kappa shape index (κ3) is 3.55. The van der Waals surface area contributed by atoms with E-state index >= 15 is 0 Å². The zero-order valence-electron chi connectivity index (χ0n) is 14.2. The van der Waals surface area contributed by atoms with Crippen molar-refractivity contribution in [3.8, 4) is 17.1 Å². The van der Waals surface area contributed by atoms with Gasteiger partial charge in [-0.2, -0.15) is 4.98 Å². The molecule has 1 N–H and O–H groups in total. The Morgan fingerprint density at radius 1 is 1.30 bits per heavy atom. The molecule has 0 saturated carbocycles. The Morgan fingerprint density at radius 3 is 2.74 bits per heavy atom. The van der Waals surface area contributed by atoms with Crippen LogP contribution in [0.5, 0.6) is 5.75 Å². The number of ether oxygens (including phenoxy) is 1. The predicted octanol–water partition coefficient (Wildman–Crippen LogP) is 3.96. The van der Waals surface area contributed by atoms with E-state index in [9.17, 15) is 0 Å². The molecule has 0 unspecified atom stereocenters. The maximum absolute atomic E-state index is 5.91. The molecule has 1 aromatic heterocycles. The Bertz CT molecular complexity index is 637. The molecule has 0 bridgehead atoms. The maximum atomic E-state index is 5.91. The predicted molar refractivity (Wildman–Crippen MR) is 89.6 cm³/mol. The van der Waals surface area contributed by atoms with Gasteiger partial charge in [0.25, 0.3) is 0 Å². The SMILES string of the molecule is CCCCOc1c(C)cc(-c2noc([C@@H]3CCCN3)n2)cc1C. The Kier molecular flexibility index (Phi) is 4.96. The Labute approximate surface area is 137 Å². The van der Waals surface area contributed by atoms with Crippen molar-refractivity contribution < 1.29 is 9.26 Å². The van der Waals surface area contributed by atoms with Crippen LogP contribution in [0.25, 0.3) is 11.4 Å². The van der Waals surface area contributed by atoms with Crippen molar-refractivity contribution in [1.29, 1.82) is 0 Å². The summed E-state index contributed by atoms with van der Waals surface area (Å²) in [5, 5.41) is 7.53.